The maximum Gasteiger partial charge on any atom is 0.247 e. The normalized spacial score (nSPS) is 12.8. The molecule has 0 spiro atoms. The van der Waals surface area contributed by atoms with Crippen molar-refractivity contribution in [3.8, 4) is 50.2 Å². The summed E-state index contributed by atoms with van der Waals surface area (Å²) in [5.74, 6) is 0. The first-order valence-corrected chi connectivity index (χ1v) is 29.9. The van der Waals surface area contributed by atoms with Crippen molar-refractivity contribution in [3.05, 3.63) is 278 Å². The van der Waals surface area contributed by atoms with Crippen molar-refractivity contribution in [2.75, 3.05) is 4.90 Å². The third kappa shape index (κ3) is 7.80. The molecule has 0 amide bonds. The minimum absolute atomic E-state index is 0.0772. The Bertz CT molecular complexity index is 4610. The molecule has 0 atom stereocenters. The first-order chi connectivity index (χ1) is 41.0. The lowest BCUT2D eigenvalue weighted by atomic mass is 9.30. The van der Waals surface area contributed by atoms with Gasteiger partial charge in [-0.15, -0.1) is 0 Å². The van der Waals surface area contributed by atoms with E-state index in [1.165, 1.54) is 137 Å². The third-order valence-corrected chi connectivity index (χ3v) is 18.6. The molecule has 2 nitrogen and oxygen atoms in total. The van der Waals surface area contributed by atoms with Crippen LogP contribution >= 0.6 is 0 Å². The first kappa shape index (κ1) is 50.1. The van der Waals surface area contributed by atoms with E-state index in [9.17, 15) is 0 Å². The van der Waals surface area contributed by atoms with Gasteiger partial charge in [-0.3, -0.25) is 0 Å². The van der Waals surface area contributed by atoms with Gasteiger partial charge in [0.15, 0.2) is 0 Å². The van der Waals surface area contributed by atoms with Gasteiger partial charge in [0.25, 0.3) is 0 Å². The molecule has 14 aromatic rings. The maximum atomic E-state index is 2.75. The highest BCUT2D eigenvalue weighted by atomic mass is 15.1. The van der Waals surface area contributed by atoms with Crippen LogP contribution in [-0.4, -0.2) is 18.0 Å². The van der Waals surface area contributed by atoms with Gasteiger partial charge >= 0.3 is 0 Å². The van der Waals surface area contributed by atoms with Crippen molar-refractivity contribution in [2.45, 2.75) is 52.4 Å². The summed E-state index contributed by atoms with van der Waals surface area (Å²) in [5, 5.41) is 7.91. The molecule has 0 unspecified atom stereocenters. The van der Waals surface area contributed by atoms with E-state index < -0.39 is 0 Å². The second-order valence-corrected chi connectivity index (χ2v) is 25.6. The minimum Gasteiger partial charge on any atom is -0.311 e. The van der Waals surface area contributed by atoms with E-state index in [0.717, 1.165) is 17.1 Å². The molecule has 3 heterocycles. The largest absolute Gasteiger partial charge is 0.311 e. The van der Waals surface area contributed by atoms with Crippen molar-refractivity contribution >= 4 is 107 Å². The molecule has 4 heteroatoms. The maximum absolute atomic E-state index is 2.75. The second kappa shape index (κ2) is 19.0. The second-order valence-electron chi connectivity index (χ2n) is 25.6. The van der Waals surface area contributed by atoms with Crippen LogP contribution in [0.1, 0.15) is 52.7 Å². The van der Waals surface area contributed by atoms with Gasteiger partial charge in [-0.1, -0.05) is 271 Å². The van der Waals surface area contributed by atoms with Crippen molar-refractivity contribution in [3.63, 3.8) is 0 Å². The number of aromatic nitrogens is 1. The van der Waals surface area contributed by atoms with Gasteiger partial charge in [0.05, 0.1) is 0 Å². The van der Waals surface area contributed by atoms with E-state index in [1.807, 2.05) is 0 Å². The molecular formula is C80H62B2N2. The van der Waals surface area contributed by atoms with Crippen LogP contribution in [-0.2, 0) is 10.8 Å². The van der Waals surface area contributed by atoms with Crippen molar-refractivity contribution in [1.82, 2.24) is 4.57 Å². The molecule has 2 aliphatic heterocycles. The van der Waals surface area contributed by atoms with Gasteiger partial charge in [0, 0.05) is 44.6 Å². The summed E-state index contributed by atoms with van der Waals surface area (Å²) >= 11 is 0. The van der Waals surface area contributed by atoms with Crippen LogP contribution in [0.25, 0.3) is 93.5 Å². The fourth-order valence-corrected chi connectivity index (χ4v) is 14.5. The fraction of sp³-hybridized carbons (Fsp3) is 0.100. The van der Waals surface area contributed by atoms with Crippen LogP contribution < -0.4 is 37.7 Å². The molecule has 16 rings (SSSR count). The van der Waals surface area contributed by atoms with E-state index in [1.54, 1.807) is 0 Å². The summed E-state index contributed by atoms with van der Waals surface area (Å²) in [5.41, 5.74) is 27.3. The van der Waals surface area contributed by atoms with Crippen molar-refractivity contribution in [2.24, 2.45) is 0 Å². The highest BCUT2D eigenvalue weighted by Crippen LogP contribution is 2.47. The first-order valence-electron chi connectivity index (χ1n) is 29.9. The van der Waals surface area contributed by atoms with E-state index in [4.69, 9.17) is 0 Å². The van der Waals surface area contributed by atoms with E-state index in [0.29, 0.717) is 0 Å². The predicted octanol–water partition coefficient (Wildman–Crippen LogP) is 16.9. The SMILES string of the molecule is CC(C)(C)c1cccc(N(c2cccc(C(C)(C)C)c2)c2cc3c4c(c2)B(c2ccc(-c5ccccc5)cc2-c2ccccc2)c2ccc5c6ccccc6c6ccc(c7c6c5c2n7-4)B3c2ccc(-c3ccccc3)cc2-c2ccccc2)c1. The minimum atomic E-state index is -0.162. The molecule has 0 radical (unpaired) electrons. The monoisotopic (exact) mass is 1070 g/mol. The molecule has 398 valence electrons. The van der Waals surface area contributed by atoms with Crippen LogP contribution in [0.15, 0.2) is 267 Å². The highest BCUT2D eigenvalue weighted by Gasteiger charge is 2.44. The van der Waals surface area contributed by atoms with Crippen molar-refractivity contribution in [1.29, 1.82) is 0 Å². The smallest absolute Gasteiger partial charge is 0.247 e. The van der Waals surface area contributed by atoms with Crippen LogP contribution in [0.4, 0.5) is 17.1 Å². The molecule has 0 fully saturated rings. The van der Waals surface area contributed by atoms with Crippen molar-refractivity contribution < 1.29 is 0 Å². The standard InChI is InChI=1S/C80H62B2N2/c1-79(2,3)57-31-21-33-59(47-57)83(60-34-22-32-58(48-60)80(4,5)6)61-49-72-76-73(50-61)82(69-42-38-56(52-25-13-8-14-26-52)46-67(69)54-29-17-10-18-30-54)71-44-40-65-63-36-20-19-35-62(63)64-39-43-70(77-74(64)75(65)78(71)84(76)77)81(72)68-41-37-55(51-23-11-7-12-24-51)45-66(68)53-27-15-9-16-28-53/h7-50H,1-6H3. The number of fused-ring (bicyclic) bond motifs is 3. The molecule has 0 saturated carbocycles. The number of hydrogen-bond donors (Lipinski definition) is 0. The zero-order chi connectivity index (χ0) is 56.6. The Labute approximate surface area is 493 Å². The Morgan fingerprint density at radius 2 is 0.667 bits per heavy atom. The number of nitrogens with zero attached hydrogens (tertiary/aromatic N) is 2. The van der Waals surface area contributed by atoms with Crippen LogP contribution in [0.3, 0.4) is 0 Å². The quantitative estimate of drug-likeness (QED) is 0.103. The van der Waals surface area contributed by atoms with Crippen LogP contribution in [0, 0.1) is 0 Å². The Kier molecular flexibility index (Phi) is 11.3. The molecule has 0 bridgehead atoms. The number of anilines is 3. The van der Waals surface area contributed by atoms with Gasteiger partial charge in [0.2, 0.25) is 13.4 Å². The van der Waals surface area contributed by atoms with E-state index >= 15 is 0 Å². The summed E-state index contributed by atoms with van der Waals surface area (Å²) in [6, 6.07) is 102. The summed E-state index contributed by atoms with van der Waals surface area (Å²) in [7, 11) is 0. The summed E-state index contributed by atoms with van der Waals surface area (Å²) in [4.78, 5) is 2.57. The molecule has 84 heavy (non-hydrogen) atoms. The summed E-state index contributed by atoms with van der Waals surface area (Å²) < 4.78 is 2.75. The van der Waals surface area contributed by atoms with Gasteiger partial charge in [-0.25, -0.2) is 0 Å². The average molecular weight is 1070 g/mol. The Hall–Kier alpha value is -9.63. The Morgan fingerprint density at radius 3 is 1.07 bits per heavy atom. The number of benzene rings is 13. The van der Waals surface area contributed by atoms with E-state index in [2.05, 4.69) is 318 Å². The lowest BCUT2D eigenvalue weighted by molar-refractivity contribution is 0.590. The summed E-state index contributed by atoms with van der Waals surface area (Å²) in [6.07, 6.45) is 0. The van der Waals surface area contributed by atoms with Crippen LogP contribution in [0.2, 0.25) is 0 Å². The van der Waals surface area contributed by atoms with Gasteiger partial charge in [-0.2, -0.15) is 0 Å². The van der Waals surface area contributed by atoms with Gasteiger partial charge < -0.3 is 9.47 Å². The number of rotatable bonds is 9. The topological polar surface area (TPSA) is 8.17 Å². The zero-order valence-electron chi connectivity index (χ0n) is 48.5. The molecular weight excluding hydrogens is 1010 g/mol. The zero-order valence-corrected chi connectivity index (χ0v) is 48.5. The lowest BCUT2D eigenvalue weighted by Crippen LogP contribution is -2.63. The number of hydrogen-bond acceptors (Lipinski definition) is 1. The molecule has 1 aromatic heterocycles. The molecule has 2 aliphatic rings. The van der Waals surface area contributed by atoms with Gasteiger partial charge in [0.1, 0.15) is 0 Å². The average Bonchev–Trinajstić information content (AvgIpc) is 1.48. The molecule has 13 aromatic carbocycles. The van der Waals surface area contributed by atoms with E-state index in [-0.39, 0.29) is 24.3 Å². The Morgan fingerprint density at radius 1 is 0.286 bits per heavy atom. The highest BCUT2D eigenvalue weighted by molar-refractivity contribution is 7.03. The lowest BCUT2D eigenvalue weighted by Gasteiger charge is -2.37. The third-order valence-electron chi connectivity index (χ3n) is 18.6. The van der Waals surface area contributed by atoms with Crippen LogP contribution in [0.5, 0.6) is 0 Å². The predicted molar refractivity (Wildman–Crippen MR) is 363 cm³/mol. The summed E-state index contributed by atoms with van der Waals surface area (Å²) in [6.45, 7) is 13.6. The molecule has 0 saturated heterocycles. The molecule has 0 aliphatic carbocycles. The van der Waals surface area contributed by atoms with Gasteiger partial charge in [-0.05, 0) is 158 Å². The fourth-order valence-electron chi connectivity index (χ4n) is 14.5. The Balaban J connectivity index is 1.09. The molecule has 0 N–H and O–H groups in total.